The fourth-order valence-corrected chi connectivity index (χ4v) is 4.47. The number of benzene rings is 2. The molecule has 7 nitrogen and oxygen atoms in total. The molecular weight excluding hydrogens is 451 g/mol. The van der Waals surface area contributed by atoms with Crippen molar-refractivity contribution in [3.63, 3.8) is 0 Å². The zero-order valence-corrected chi connectivity index (χ0v) is 19.7. The average Bonchev–Trinajstić information content (AvgIpc) is 3.12. The van der Waals surface area contributed by atoms with Crippen molar-refractivity contribution in [3.8, 4) is 5.75 Å². The molecule has 0 radical (unpaired) electrons. The fraction of sp³-hybridized carbons (Fsp3) is 0.333. The molecule has 35 heavy (non-hydrogen) atoms. The van der Waals surface area contributed by atoms with Gasteiger partial charge in [-0.2, -0.15) is 0 Å². The maximum Gasteiger partial charge on any atom is 0.295 e. The van der Waals surface area contributed by atoms with E-state index in [9.17, 15) is 19.1 Å². The number of ketones is 1. The Morgan fingerprint density at radius 1 is 1.20 bits per heavy atom. The van der Waals surface area contributed by atoms with E-state index >= 15 is 0 Å². The third kappa shape index (κ3) is 5.13. The third-order valence-electron chi connectivity index (χ3n) is 6.31. The van der Waals surface area contributed by atoms with Crippen LogP contribution in [0.4, 0.5) is 4.39 Å². The lowest BCUT2D eigenvalue weighted by Crippen LogP contribution is -2.42. The first kappa shape index (κ1) is 24.6. The molecule has 0 aliphatic carbocycles. The zero-order valence-electron chi connectivity index (χ0n) is 19.7. The Balaban J connectivity index is 1.73. The standard InChI is InChI=1S/C27H29FN2O5/c1-3-14-35-22-9-8-19(17-18(22)2)25(31)23-24(20-6-4-5-7-21(20)28)30(27(33)26(23)32)11-10-29-12-15-34-16-13-29/h3-9,17,24,31H,1,10-16H2,2H3/b25-23+. The number of halogens is 1. The Morgan fingerprint density at radius 3 is 2.63 bits per heavy atom. The first-order valence-electron chi connectivity index (χ1n) is 11.6. The minimum Gasteiger partial charge on any atom is -0.507 e. The van der Waals surface area contributed by atoms with Gasteiger partial charge in [-0.15, -0.1) is 0 Å². The van der Waals surface area contributed by atoms with E-state index in [1.807, 2.05) is 6.92 Å². The molecule has 2 saturated heterocycles. The first-order valence-corrected chi connectivity index (χ1v) is 11.6. The fourth-order valence-electron chi connectivity index (χ4n) is 4.47. The number of carbonyl (C=O) groups excluding carboxylic acids is 2. The van der Waals surface area contributed by atoms with Gasteiger partial charge in [0.25, 0.3) is 11.7 Å². The summed E-state index contributed by atoms with van der Waals surface area (Å²) >= 11 is 0. The highest BCUT2D eigenvalue weighted by atomic mass is 19.1. The van der Waals surface area contributed by atoms with Crippen LogP contribution in [0.2, 0.25) is 0 Å². The number of aryl methyl sites for hydroxylation is 1. The van der Waals surface area contributed by atoms with E-state index in [0.29, 0.717) is 50.8 Å². The molecule has 2 heterocycles. The third-order valence-corrected chi connectivity index (χ3v) is 6.31. The van der Waals surface area contributed by atoms with Crippen molar-refractivity contribution in [3.05, 3.63) is 83.2 Å². The number of amides is 1. The molecule has 1 atom stereocenters. The Kier molecular flexibility index (Phi) is 7.63. The Morgan fingerprint density at radius 2 is 1.94 bits per heavy atom. The van der Waals surface area contributed by atoms with E-state index in [-0.39, 0.29) is 23.4 Å². The molecule has 2 aliphatic rings. The number of aliphatic hydroxyl groups is 1. The van der Waals surface area contributed by atoms with Crippen LogP contribution in [0.15, 0.2) is 60.7 Å². The summed E-state index contributed by atoms with van der Waals surface area (Å²) in [5, 5.41) is 11.2. The lowest BCUT2D eigenvalue weighted by atomic mass is 9.94. The number of carbonyl (C=O) groups is 2. The van der Waals surface area contributed by atoms with Crippen LogP contribution in [-0.2, 0) is 14.3 Å². The summed E-state index contributed by atoms with van der Waals surface area (Å²) in [5.74, 6) is -1.87. The van der Waals surface area contributed by atoms with Crippen molar-refractivity contribution >= 4 is 17.4 Å². The van der Waals surface area contributed by atoms with Crippen molar-refractivity contribution in [1.29, 1.82) is 0 Å². The highest BCUT2D eigenvalue weighted by Crippen LogP contribution is 2.40. The molecular formula is C27H29FN2O5. The number of aliphatic hydroxyl groups excluding tert-OH is 1. The van der Waals surface area contributed by atoms with Crippen molar-refractivity contribution in [2.75, 3.05) is 46.0 Å². The summed E-state index contributed by atoms with van der Waals surface area (Å²) in [6.07, 6.45) is 1.63. The number of hydrogen-bond acceptors (Lipinski definition) is 6. The summed E-state index contributed by atoms with van der Waals surface area (Å²) in [5.41, 5.74) is 1.12. The summed E-state index contributed by atoms with van der Waals surface area (Å²) in [4.78, 5) is 29.8. The summed E-state index contributed by atoms with van der Waals surface area (Å²) < 4.78 is 25.9. The normalized spacial score (nSPS) is 20.3. The van der Waals surface area contributed by atoms with Gasteiger partial charge in [0.1, 0.15) is 23.9 Å². The second-order valence-corrected chi connectivity index (χ2v) is 8.55. The number of Topliss-reactive ketones (excluding diaryl/α,β-unsaturated/α-hetero) is 1. The van der Waals surface area contributed by atoms with Gasteiger partial charge in [-0.1, -0.05) is 30.9 Å². The highest BCUT2D eigenvalue weighted by molar-refractivity contribution is 6.46. The molecule has 4 rings (SSSR count). The van der Waals surface area contributed by atoms with Gasteiger partial charge >= 0.3 is 0 Å². The van der Waals surface area contributed by atoms with Gasteiger partial charge in [0.2, 0.25) is 0 Å². The smallest absolute Gasteiger partial charge is 0.295 e. The number of hydrogen-bond donors (Lipinski definition) is 1. The van der Waals surface area contributed by atoms with Crippen molar-refractivity contribution in [2.24, 2.45) is 0 Å². The van der Waals surface area contributed by atoms with Gasteiger partial charge in [-0.05, 0) is 36.8 Å². The Bertz CT molecular complexity index is 1160. The topological polar surface area (TPSA) is 79.3 Å². The maximum atomic E-state index is 14.9. The van der Waals surface area contributed by atoms with E-state index < -0.39 is 23.5 Å². The van der Waals surface area contributed by atoms with Gasteiger partial charge in [0.05, 0.1) is 24.8 Å². The Labute approximate surface area is 204 Å². The van der Waals surface area contributed by atoms with Crippen LogP contribution in [0.1, 0.15) is 22.7 Å². The molecule has 0 saturated carbocycles. The minimum absolute atomic E-state index is 0.124. The van der Waals surface area contributed by atoms with Crippen molar-refractivity contribution in [2.45, 2.75) is 13.0 Å². The van der Waals surface area contributed by atoms with Crippen LogP contribution in [0.5, 0.6) is 5.75 Å². The largest absolute Gasteiger partial charge is 0.507 e. The van der Waals surface area contributed by atoms with Gasteiger partial charge in [-0.3, -0.25) is 14.5 Å². The molecule has 2 aromatic rings. The van der Waals surface area contributed by atoms with Crippen molar-refractivity contribution < 1.29 is 28.6 Å². The number of morpholine rings is 1. The molecule has 1 unspecified atom stereocenters. The average molecular weight is 481 g/mol. The van der Waals surface area contributed by atoms with Crippen LogP contribution in [-0.4, -0.2) is 72.6 Å². The molecule has 2 fully saturated rings. The van der Waals surface area contributed by atoms with Crippen LogP contribution in [0, 0.1) is 12.7 Å². The van der Waals surface area contributed by atoms with E-state index in [4.69, 9.17) is 9.47 Å². The van der Waals surface area contributed by atoms with E-state index in [1.54, 1.807) is 42.5 Å². The predicted molar refractivity (Wildman–Crippen MR) is 130 cm³/mol. The molecule has 2 aromatic carbocycles. The Hall–Kier alpha value is -3.49. The SMILES string of the molecule is C=CCOc1ccc(/C(O)=C2\C(=O)C(=O)N(CCN3CCOCC3)C2c2ccccc2F)cc1C. The van der Waals surface area contributed by atoms with Crippen LogP contribution in [0.25, 0.3) is 5.76 Å². The second-order valence-electron chi connectivity index (χ2n) is 8.55. The minimum atomic E-state index is -1.03. The highest BCUT2D eigenvalue weighted by Gasteiger charge is 2.46. The first-order chi connectivity index (χ1) is 16.9. The van der Waals surface area contributed by atoms with Gasteiger partial charge in [0, 0.05) is 37.3 Å². The number of likely N-dealkylation sites (tertiary alicyclic amines) is 1. The molecule has 1 amide bonds. The molecule has 184 valence electrons. The number of nitrogens with zero attached hydrogens (tertiary/aromatic N) is 2. The van der Waals surface area contributed by atoms with E-state index in [1.165, 1.54) is 11.0 Å². The molecule has 1 N–H and O–H groups in total. The summed E-state index contributed by atoms with van der Waals surface area (Å²) in [7, 11) is 0. The lowest BCUT2D eigenvalue weighted by Gasteiger charge is -2.31. The quantitative estimate of drug-likeness (QED) is 0.270. The van der Waals surface area contributed by atoms with Gasteiger partial charge in [-0.25, -0.2) is 4.39 Å². The molecule has 8 heteroatoms. The summed E-state index contributed by atoms with van der Waals surface area (Å²) in [6.45, 7) is 9.12. The second kappa shape index (κ2) is 10.8. The summed E-state index contributed by atoms with van der Waals surface area (Å²) in [6, 6.07) is 9.95. The van der Waals surface area contributed by atoms with Crippen LogP contribution < -0.4 is 4.74 Å². The maximum absolute atomic E-state index is 14.9. The van der Waals surface area contributed by atoms with E-state index in [2.05, 4.69) is 11.5 Å². The number of ether oxygens (including phenoxy) is 2. The molecule has 0 aromatic heterocycles. The van der Waals surface area contributed by atoms with Gasteiger partial charge in [0.15, 0.2) is 0 Å². The van der Waals surface area contributed by atoms with Crippen LogP contribution in [0.3, 0.4) is 0 Å². The zero-order chi connectivity index (χ0) is 24.9. The predicted octanol–water partition coefficient (Wildman–Crippen LogP) is 3.45. The molecule has 2 aliphatic heterocycles. The number of rotatable bonds is 8. The van der Waals surface area contributed by atoms with E-state index in [0.717, 1.165) is 5.56 Å². The lowest BCUT2D eigenvalue weighted by molar-refractivity contribution is -0.140. The monoisotopic (exact) mass is 480 g/mol. The molecule has 0 bridgehead atoms. The molecule has 0 spiro atoms. The van der Waals surface area contributed by atoms with Crippen molar-refractivity contribution in [1.82, 2.24) is 9.80 Å². The van der Waals surface area contributed by atoms with Crippen LogP contribution >= 0.6 is 0 Å². The van der Waals surface area contributed by atoms with Gasteiger partial charge < -0.3 is 19.5 Å².